The van der Waals surface area contributed by atoms with Crippen molar-refractivity contribution >= 4 is 0 Å². The predicted molar refractivity (Wildman–Crippen MR) is 74.8 cm³/mol. The highest BCUT2D eigenvalue weighted by molar-refractivity contribution is 5.44. The van der Waals surface area contributed by atoms with Crippen molar-refractivity contribution in [1.29, 1.82) is 0 Å². The molecule has 4 nitrogen and oxygen atoms in total. The number of nitrogens with two attached hydrogens (primary N) is 1. The van der Waals surface area contributed by atoms with Crippen LogP contribution < -0.4 is 15.2 Å². The van der Waals surface area contributed by atoms with Crippen molar-refractivity contribution in [1.82, 2.24) is 4.90 Å². The molecule has 2 aliphatic heterocycles. The Morgan fingerprint density at radius 1 is 1.11 bits per heavy atom. The van der Waals surface area contributed by atoms with Crippen molar-refractivity contribution in [2.45, 2.75) is 25.3 Å². The minimum absolute atomic E-state index is 0.195. The highest BCUT2D eigenvalue weighted by Gasteiger charge is 2.16. The molecule has 19 heavy (non-hydrogen) atoms. The Kier molecular flexibility index (Phi) is 3.89. The third-order valence-corrected chi connectivity index (χ3v) is 3.80. The van der Waals surface area contributed by atoms with Crippen LogP contribution in [0.25, 0.3) is 0 Å². The predicted octanol–water partition coefficient (Wildman–Crippen LogP) is 1.42. The lowest BCUT2D eigenvalue weighted by molar-refractivity contribution is 0.171. The minimum atomic E-state index is 0.195. The van der Waals surface area contributed by atoms with Gasteiger partial charge in [0.25, 0.3) is 0 Å². The zero-order valence-electron chi connectivity index (χ0n) is 11.3. The molecule has 2 heterocycles. The lowest BCUT2D eigenvalue weighted by atomic mass is 10.1. The maximum absolute atomic E-state index is 6.25. The summed E-state index contributed by atoms with van der Waals surface area (Å²) >= 11 is 0. The summed E-state index contributed by atoms with van der Waals surface area (Å²) < 4.78 is 11.1. The Labute approximate surface area is 114 Å². The van der Waals surface area contributed by atoms with E-state index in [1.54, 1.807) is 0 Å². The van der Waals surface area contributed by atoms with Gasteiger partial charge in [-0.2, -0.15) is 0 Å². The summed E-state index contributed by atoms with van der Waals surface area (Å²) in [4.78, 5) is 2.46. The molecule has 0 radical (unpaired) electrons. The number of benzene rings is 1. The van der Waals surface area contributed by atoms with Crippen LogP contribution >= 0.6 is 0 Å². The number of likely N-dealkylation sites (tertiary alicyclic amines) is 1. The molecule has 2 N–H and O–H groups in total. The van der Waals surface area contributed by atoms with Crippen molar-refractivity contribution < 1.29 is 9.47 Å². The molecule has 0 amide bonds. The van der Waals surface area contributed by atoms with Crippen LogP contribution in [-0.4, -0.2) is 43.8 Å². The van der Waals surface area contributed by atoms with Crippen LogP contribution in [0.1, 0.15) is 18.4 Å². The molecule has 4 heteroatoms. The van der Waals surface area contributed by atoms with E-state index in [0.29, 0.717) is 13.2 Å². The maximum atomic E-state index is 6.25. The highest BCUT2D eigenvalue weighted by Crippen LogP contribution is 2.31. The van der Waals surface area contributed by atoms with E-state index in [1.165, 1.54) is 31.5 Å². The number of hydrogen-bond donors (Lipinski definition) is 1. The molecule has 0 unspecified atom stereocenters. The maximum Gasteiger partial charge on any atom is 0.161 e. The zero-order valence-corrected chi connectivity index (χ0v) is 11.3. The second-order valence-corrected chi connectivity index (χ2v) is 5.45. The fourth-order valence-corrected chi connectivity index (χ4v) is 2.88. The van der Waals surface area contributed by atoms with Gasteiger partial charge >= 0.3 is 0 Å². The first kappa shape index (κ1) is 12.8. The smallest absolute Gasteiger partial charge is 0.161 e. The molecular weight excluding hydrogens is 240 g/mol. The third-order valence-electron chi connectivity index (χ3n) is 3.80. The lowest BCUT2D eigenvalue weighted by Gasteiger charge is -2.22. The number of fused-ring (bicyclic) bond motifs is 1. The summed E-state index contributed by atoms with van der Waals surface area (Å²) in [6, 6.07) is 6.35. The SMILES string of the molecule is N[C@H](Cc1ccc2c(c1)OCCO2)CN1CCCC1. The average molecular weight is 262 g/mol. The molecule has 0 aromatic heterocycles. The van der Waals surface area contributed by atoms with Crippen LogP contribution in [0, 0.1) is 0 Å². The van der Waals surface area contributed by atoms with Crippen molar-refractivity contribution in [3.05, 3.63) is 23.8 Å². The standard InChI is InChI=1S/C15H22N2O2/c16-13(11-17-5-1-2-6-17)9-12-3-4-14-15(10-12)19-8-7-18-14/h3-4,10,13H,1-2,5-9,11,16H2/t13-/m1/s1. The fourth-order valence-electron chi connectivity index (χ4n) is 2.88. The molecule has 1 fully saturated rings. The van der Waals surface area contributed by atoms with Crippen molar-refractivity contribution in [3.63, 3.8) is 0 Å². The van der Waals surface area contributed by atoms with E-state index in [2.05, 4.69) is 17.0 Å². The molecule has 1 aromatic carbocycles. The highest BCUT2D eigenvalue weighted by atomic mass is 16.6. The average Bonchev–Trinajstić information content (AvgIpc) is 2.91. The minimum Gasteiger partial charge on any atom is -0.486 e. The third kappa shape index (κ3) is 3.19. The second kappa shape index (κ2) is 5.80. The summed E-state index contributed by atoms with van der Waals surface area (Å²) in [6.07, 6.45) is 3.53. The zero-order chi connectivity index (χ0) is 13.1. The van der Waals surface area contributed by atoms with E-state index in [-0.39, 0.29) is 6.04 Å². The van der Waals surface area contributed by atoms with Gasteiger partial charge in [0.15, 0.2) is 11.5 Å². The fraction of sp³-hybridized carbons (Fsp3) is 0.600. The normalized spacial score (nSPS) is 20.5. The van der Waals surface area contributed by atoms with Gasteiger partial charge in [-0.1, -0.05) is 6.07 Å². The molecule has 0 bridgehead atoms. The topological polar surface area (TPSA) is 47.7 Å². The van der Waals surface area contributed by atoms with Gasteiger partial charge in [-0.15, -0.1) is 0 Å². The molecule has 0 aliphatic carbocycles. The van der Waals surface area contributed by atoms with E-state index in [0.717, 1.165) is 24.5 Å². The molecule has 2 aliphatic rings. The Morgan fingerprint density at radius 3 is 2.63 bits per heavy atom. The summed E-state index contributed by atoms with van der Waals surface area (Å²) in [5, 5.41) is 0. The molecule has 0 spiro atoms. The summed E-state index contributed by atoms with van der Waals surface area (Å²) in [6.45, 7) is 4.68. The summed E-state index contributed by atoms with van der Waals surface area (Å²) in [5.74, 6) is 1.71. The number of nitrogens with zero attached hydrogens (tertiary/aromatic N) is 1. The van der Waals surface area contributed by atoms with Crippen LogP contribution in [0.2, 0.25) is 0 Å². The molecule has 1 atom stereocenters. The number of hydrogen-bond acceptors (Lipinski definition) is 4. The van der Waals surface area contributed by atoms with Crippen LogP contribution in [0.5, 0.6) is 11.5 Å². The van der Waals surface area contributed by atoms with Crippen LogP contribution in [0.15, 0.2) is 18.2 Å². The van der Waals surface area contributed by atoms with Crippen molar-refractivity contribution in [2.24, 2.45) is 5.73 Å². The largest absolute Gasteiger partial charge is 0.486 e. The van der Waals surface area contributed by atoms with Crippen molar-refractivity contribution in [2.75, 3.05) is 32.8 Å². The Balaban J connectivity index is 1.59. The molecule has 1 aromatic rings. The molecule has 1 saturated heterocycles. The van der Waals surface area contributed by atoms with Gasteiger partial charge in [0, 0.05) is 12.6 Å². The summed E-state index contributed by atoms with van der Waals surface area (Å²) in [7, 11) is 0. The lowest BCUT2D eigenvalue weighted by Crippen LogP contribution is -2.37. The number of ether oxygens (including phenoxy) is 2. The van der Waals surface area contributed by atoms with Crippen LogP contribution in [-0.2, 0) is 6.42 Å². The van der Waals surface area contributed by atoms with Gasteiger partial charge in [0.05, 0.1) is 0 Å². The first-order valence-corrected chi connectivity index (χ1v) is 7.18. The quantitative estimate of drug-likeness (QED) is 0.891. The summed E-state index contributed by atoms with van der Waals surface area (Å²) in [5.41, 5.74) is 7.48. The monoisotopic (exact) mass is 262 g/mol. The molecule has 104 valence electrons. The van der Waals surface area contributed by atoms with Gasteiger partial charge in [0.2, 0.25) is 0 Å². The number of rotatable bonds is 4. The van der Waals surface area contributed by atoms with E-state index in [9.17, 15) is 0 Å². The van der Waals surface area contributed by atoms with Crippen molar-refractivity contribution in [3.8, 4) is 11.5 Å². The van der Waals surface area contributed by atoms with E-state index >= 15 is 0 Å². The van der Waals surface area contributed by atoms with Gasteiger partial charge in [-0.05, 0) is 50.0 Å². The molecule has 3 rings (SSSR count). The first-order valence-electron chi connectivity index (χ1n) is 7.18. The first-order chi connectivity index (χ1) is 9.31. The van der Waals surface area contributed by atoms with Gasteiger partial charge in [-0.3, -0.25) is 0 Å². The Bertz CT molecular complexity index is 430. The van der Waals surface area contributed by atoms with Crippen LogP contribution in [0.4, 0.5) is 0 Å². The van der Waals surface area contributed by atoms with E-state index in [4.69, 9.17) is 15.2 Å². The van der Waals surface area contributed by atoms with Gasteiger partial charge in [0.1, 0.15) is 13.2 Å². The van der Waals surface area contributed by atoms with E-state index in [1.807, 2.05) is 6.07 Å². The van der Waals surface area contributed by atoms with E-state index < -0.39 is 0 Å². The van der Waals surface area contributed by atoms with Crippen LogP contribution in [0.3, 0.4) is 0 Å². The molecule has 0 saturated carbocycles. The van der Waals surface area contributed by atoms with Gasteiger partial charge in [-0.25, -0.2) is 0 Å². The Hall–Kier alpha value is -1.26. The Morgan fingerprint density at radius 2 is 1.84 bits per heavy atom. The van der Waals surface area contributed by atoms with Gasteiger partial charge < -0.3 is 20.1 Å². The second-order valence-electron chi connectivity index (χ2n) is 5.45. The molecular formula is C15H22N2O2.